The summed E-state index contributed by atoms with van der Waals surface area (Å²) in [5, 5.41) is 29.5. The van der Waals surface area contributed by atoms with Gasteiger partial charge in [-0.05, 0) is 23.1 Å². The second-order valence-corrected chi connectivity index (χ2v) is 5.57. The number of hydrogen-bond acceptors (Lipinski definition) is 4. The summed E-state index contributed by atoms with van der Waals surface area (Å²) in [5.74, 6) is -0.988. The molecular formula is C12H11BrO4S. The van der Waals surface area contributed by atoms with E-state index in [0.717, 1.165) is 16.0 Å². The Morgan fingerprint density at radius 3 is 2.72 bits per heavy atom. The zero-order chi connectivity index (χ0) is 13.3. The number of fused-ring (bicyclic) bond motifs is 1. The van der Waals surface area contributed by atoms with Gasteiger partial charge in [-0.15, -0.1) is 11.3 Å². The maximum atomic E-state index is 10.9. The number of thiophene rings is 1. The lowest BCUT2D eigenvalue weighted by molar-refractivity contribution is 0.0352. The summed E-state index contributed by atoms with van der Waals surface area (Å²) in [4.78, 5) is 11.2. The smallest absolute Gasteiger partial charge is 0.345 e. The fourth-order valence-electron chi connectivity index (χ4n) is 1.74. The molecule has 0 aliphatic heterocycles. The molecule has 0 bridgehead atoms. The van der Waals surface area contributed by atoms with Crippen LogP contribution in [0.2, 0.25) is 0 Å². The standard InChI is InChI=1S/C12H11BrO4S/c13-5-8(14)11(15)6-2-1-3-9-7(6)4-10(18-9)12(16)17/h1-4,8,11,14-15H,5H2,(H,16,17). The van der Waals surface area contributed by atoms with Crippen LogP contribution in [0.15, 0.2) is 24.3 Å². The molecule has 2 aromatic rings. The third-order valence-corrected chi connectivity index (χ3v) is 4.40. The van der Waals surface area contributed by atoms with E-state index in [1.807, 2.05) is 0 Å². The number of alkyl halides is 1. The number of aliphatic hydroxyl groups excluding tert-OH is 2. The quantitative estimate of drug-likeness (QED) is 0.752. The van der Waals surface area contributed by atoms with Gasteiger partial charge < -0.3 is 15.3 Å². The van der Waals surface area contributed by atoms with Gasteiger partial charge in [0, 0.05) is 10.0 Å². The van der Waals surface area contributed by atoms with Gasteiger partial charge in [-0.2, -0.15) is 0 Å². The minimum Gasteiger partial charge on any atom is -0.477 e. The van der Waals surface area contributed by atoms with E-state index in [4.69, 9.17) is 5.11 Å². The molecule has 1 heterocycles. The van der Waals surface area contributed by atoms with Crippen molar-refractivity contribution in [3.63, 3.8) is 0 Å². The van der Waals surface area contributed by atoms with Crippen molar-refractivity contribution in [2.24, 2.45) is 0 Å². The molecule has 0 fully saturated rings. The lowest BCUT2D eigenvalue weighted by atomic mass is 10.0. The van der Waals surface area contributed by atoms with Crippen molar-refractivity contribution in [2.45, 2.75) is 12.2 Å². The fourth-order valence-corrected chi connectivity index (χ4v) is 3.03. The molecule has 4 nitrogen and oxygen atoms in total. The summed E-state index contributed by atoms with van der Waals surface area (Å²) >= 11 is 4.26. The van der Waals surface area contributed by atoms with Crippen LogP contribution in [0.4, 0.5) is 0 Å². The first kappa shape index (κ1) is 13.5. The van der Waals surface area contributed by atoms with Gasteiger partial charge in [-0.3, -0.25) is 0 Å². The topological polar surface area (TPSA) is 77.8 Å². The van der Waals surface area contributed by atoms with Gasteiger partial charge in [0.15, 0.2) is 0 Å². The van der Waals surface area contributed by atoms with Gasteiger partial charge in [0.05, 0.1) is 6.10 Å². The summed E-state index contributed by atoms with van der Waals surface area (Å²) < 4.78 is 0.783. The predicted molar refractivity (Wildman–Crippen MR) is 73.5 cm³/mol. The highest BCUT2D eigenvalue weighted by Crippen LogP contribution is 2.32. The monoisotopic (exact) mass is 330 g/mol. The van der Waals surface area contributed by atoms with E-state index < -0.39 is 18.2 Å². The van der Waals surface area contributed by atoms with E-state index in [0.29, 0.717) is 10.9 Å². The highest BCUT2D eigenvalue weighted by Gasteiger charge is 2.21. The summed E-state index contributed by atoms with van der Waals surface area (Å²) in [5.41, 5.74) is 0.545. The second kappa shape index (κ2) is 5.36. The summed E-state index contributed by atoms with van der Waals surface area (Å²) in [6.07, 6.45) is -1.96. The number of carbonyl (C=O) groups is 1. The third-order valence-electron chi connectivity index (χ3n) is 2.65. The molecule has 0 saturated heterocycles. The summed E-state index contributed by atoms with van der Waals surface area (Å²) in [6.45, 7) is 0. The number of rotatable bonds is 4. The van der Waals surface area contributed by atoms with Crippen molar-refractivity contribution in [1.29, 1.82) is 0 Å². The van der Waals surface area contributed by atoms with E-state index in [2.05, 4.69) is 15.9 Å². The zero-order valence-electron chi connectivity index (χ0n) is 9.21. The van der Waals surface area contributed by atoms with Crippen molar-refractivity contribution in [3.05, 3.63) is 34.7 Å². The van der Waals surface area contributed by atoms with Gasteiger partial charge >= 0.3 is 5.97 Å². The molecule has 0 saturated carbocycles. The van der Waals surface area contributed by atoms with Crippen molar-refractivity contribution >= 4 is 43.3 Å². The molecule has 2 unspecified atom stereocenters. The molecule has 2 rings (SSSR count). The maximum Gasteiger partial charge on any atom is 0.345 e. The Hall–Kier alpha value is -0.950. The van der Waals surface area contributed by atoms with Crippen LogP contribution in [0.25, 0.3) is 10.1 Å². The predicted octanol–water partition coefficient (Wildman–Crippen LogP) is 2.39. The van der Waals surface area contributed by atoms with Gasteiger partial charge in [-0.1, -0.05) is 28.1 Å². The first-order valence-electron chi connectivity index (χ1n) is 5.22. The minimum atomic E-state index is -1.04. The molecule has 0 aliphatic rings. The van der Waals surface area contributed by atoms with E-state index in [1.54, 1.807) is 18.2 Å². The molecular weight excluding hydrogens is 320 g/mol. The molecule has 0 amide bonds. The molecule has 0 spiro atoms. The molecule has 1 aromatic carbocycles. The lowest BCUT2D eigenvalue weighted by Gasteiger charge is -2.16. The molecule has 6 heteroatoms. The molecule has 96 valence electrons. The first-order chi connectivity index (χ1) is 8.54. The lowest BCUT2D eigenvalue weighted by Crippen LogP contribution is -2.19. The van der Waals surface area contributed by atoms with Crippen molar-refractivity contribution in [3.8, 4) is 0 Å². The van der Waals surface area contributed by atoms with Crippen LogP contribution in [-0.4, -0.2) is 32.7 Å². The Labute approximate surface area is 116 Å². The first-order valence-corrected chi connectivity index (χ1v) is 7.16. The van der Waals surface area contributed by atoms with Crippen LogP contribution in [0.1, 0.15) is 21.3 Å². The van der Waals surface area contributed by atoms with Crippen LogP contribution in [0.5, 0.6) is 0 Å². The van der Waals surface area contributed by atoms with Gasteiger partial charge in [-0.25, -0.2) is 4.79 Å². The van der Waals surface area contributed by atoms with Gasteiger partial charge in [0.2, 0.25) is 0 Å². The number of hydrogen-bond donors (Lipinski definition) is 3. The highest BCUT2D eigenvalue weighted by atomic mass is 79.9. The van der Waals surface area contributed by atoms with Crippen LogP contribution in [0, 0.1) is 0 Å². The Morgan fingerprint density at radius 1 is 1.39 bits per heavy atom. The van der Waals surface area contributed by atoms with Crippen molar-refractivity contribution in [1.82, 2.24) is 0 Å². The van der Waals surface area contributed by atoms with Crippen LogP contribution >= 0.6 is 27.3 Å². The van der Waals surface area contributed by atoms with E-state index >= 15 is 0 Å². The number of halogens is 1. The fraction of sp³-hybridized carbons (Fsp3) is 0.250. The zero-order valence-corrected chi connectivity index (χ0v) is 11.6. The Bertz CT molecular complexity index is 580. The van der Waals surface area contributed by atoms with Crippen molar-refractivity contribution in [2.75, 3.05) is 5.33 Å². The average molecular weight is 331 g/mol. The summed E-state index contributed by atoms with van der Waals surface area (Å²) in [6, 6.07) is 6.76. The number of aromatic carboxylic acids is 1. The molecule has 0 radical (unpaired) electrons. The van der Waals surface area contributed by atoms with E-state index in [1.165, 1.54) is 6.07 Å². The average Bonchev–Trinajstić information content (AvgIpc) is 2.80. The van der Waals surface area contributed by atoms with Gasteiger partial charge in [0.1, 0.15) is 11.0 Å². The minimum absolute atomic E-state index is 0.220. The van der Waals surface area contributed by atoms with Crippen LogP contribution < -0.4 is 0 Å². The summed E-state index contributed by atoms with van der Waals surface area (Å²) in [7, 11) is 0. The number of carboxylic acid groups (broad SMARTS) is 1. The number of aliphatic hydroxyl groups is 2. The number of benzene rings is 1. The SMILES string of the molecule is O=C(O)c1cc2c(C(O)C(O)CBr)cccc2s1. The molecule has 18 heavy (non-hydrogen) atoms. The Kier molecular flexibility index (Phi) is 4.01. The number of carboxylic acids is 1. The molecule has 2 atom stereocenters. The van der Waals surface area contributed by atoms with E-state index in [9.17, 15) is 15.0 Å². The van der Waals surface area contributed by atoms with Gasteiger partial charge in [0.25, 0.3) is 0 Å². The molecule has 0 aliphatic carbocycles. The molecule has 1 aromatic heterocycles. The van der Waals surface area contributed by atoms with Crippen LogP contribution in [0.3, 0.4) is 0 Å². The largest absolute Gasteiger partial charge is 0.477 e. The third kappa shape index (κ3) is 2.42. The van der Waals surface area contributed by atoms with Crippen LogP contribution in [-0.2, 0) is 0 Å². The highest BCUT2D eigenvalue weighted by molar-refractivity contribution is 9.09. The second-order valence-electron chi connectivity index (χ2n) is 3.84. The van der Waals surface area contributed by atoms with E-state index in [-0.39, 0.29) is 10.2 Å². The Balaban J connectivity index is 2.54. The Morgan fingerprint density at radius 2 is 2.11 bits per heavy atom. The normalized spacial score (nSPS) is 14.6. The van der Waals surface area contributed by atoms with Crippen molar-refractivity contribution < 1.29 is 20.1 Å². The molecule has 3 N–H and O–H groups in total. The maximum absolute atomic E-state index is 10.9.